The van der Waals surface area contributed by atoms with Crippen molar-refractivity contribution in [1.29, 1.82) is 0 Å². The minimum absolute atomic E-state index is 0.0233. The summed E-state index contributed by atoms with van der Waals surface area (Å²) in [5.74, 6) is 0.0233. The highest BCUT2D eigenvalue weighted by atomic mass is 127. The highest BCUT2D eigenvalue weighted by Gasteiger charge is 2.11. The Kier molecular flexibility index (Phi) is 5.40. The van der Waals surface area contributed by atoms with Gasteiger partial charge in [-0.25, -0.2) is 0 Å². The second-order valence-electron chi connectivity index (χ2n) is 4.33. The van der Waals surface area contributed by atoms with Gasteiger partial charge in [-0.2, -0.15) is 0 Å². The fourth-order valence-electron chi connectivity index (χ4n) is 2.00. The second kappa shape index (κ2) is 7.06. The van der Waals surface area contributed by atoms with Crippen LogP contribution in [0.1, 0.15) is 10.4 Å². The van der Waals surface area contributed by atoms with Crippen LogP contribution in [0.15, 0.2) is 24.3 Å². The number of hydrogen-bond acceptors (Lipinski definition) is 3. The molecule has 0 aromatic heterocycles. The molecule has 4 nitrogen and oxygen atoms in total. The lowest BCUT2D eigenvalue weighted by molar-refractivity contribution is 0.0946. The summed E-state index contributed by atoms with van der Waals surface area (Å²) in [6.45, 7) is 5.87. The molecule has 1 aromatic carbocycles. The number of carbonyl (C=O) groups excluding carboxylic acids is 1. The Balaban J connectivity index is 1.76. The van der Waals surface area contributed by atoms with Crippen molar-refractivity contribution in [2.24, 2.45) is 0 Å². The molecule has 1 saturated heterocycles. The number of nitrogens with one attached hydrogen (secondary N) is 2. The van der Waals surface area contributed by atoms with Crippen molar-refractivity contribution in [3.63, 3.8) is 0 Å². The number of rotatable bonds is 4. The summed E-state index contributed by atoms with van der Waals surface area (Å²) >= 11 is 2.19. The lowest BCUT2D eigenvalue weighted by atomic mass is 10.2. The molecule has 0 atom stereocenters. The van der Waals surface area contributed by atoms with E-state index in [0.29, 0.717) is 6.54 Å². The highest BCUT2D eigenvalue weighted by molar-refractivity contribution is 14.1. The van der Waals surface area contributed by atoms with Gasteiger partial charge in [0.25, 0.3) is 5.91 Å². The predicted octanol–water partition coefficient (Wildman–Crippen LogP) is 0.926. The van der Waals surface area contributed by atoms with Gasteiger partial charge in [-0.05, 0) is 34.7 Å². The van der Waals surface area contributed by atoms with Crippen molar-refractivity contribution >= 4 is 28.5 Å². The van der Waals surface area contributed by atoms with Gasteiger partial charge < -0.3 is 10.6 Å². The molecule has 0 aliphatic carbocycles. The van der Waals surface area contributed by atoms with Crippen molar-refractivity contribution in [3.8, 4) is 0 Å². The first-order valence-corrected chi connectivity index (χ1v) is 7.31. The lowest BCUT2D eigenvalue weighted by Gasteiger charge is -2.27. The van der Waals surface area contributed by atoms with Crippen LogP contribution in [0.4, 0.5) is 0 Å². The highest BCUT2D eigenvalue weighted by Crippen LogP contribution is 2.10. The number of nitrogens with zero attached hydrogens (tertiary/aromatic N) is 1. The van der Waals surface area contributed by atoms with Crippen molar-refractivity contribution in [3.05, 3.63) is 33.4 Å². The fourth-order valence-corrected chi connectivity index (χ4v) is 2.64. The molecule has 1 aliphatic rings. The minimum Gasteiger partial charge on any atom is -0.351 e. The Hall–Kier alpha value is -0.660. The Morgan fingerprint density at radius 1 is 1.33 bits per heavy atom. The van der Waals surface area contributed by atoms with E-state index in [1.807, 2.05) is 24.3 Å². The average Bonchev–Trinajstić information content (AvgIpc) is 2.40. The first kappa shape index (κ1) is 13.8. The molecule has 1 heterocycles. The van der Waals surface area contributed by atoms with E-state index >= 15 is 0 Å². The van der Waals surface area contributed by atoms with Crippen LogP contribution >= 0.6 is 22.6 Å². The Morgan fingerprint density at radius 2 is 2.06 bits per heavy atom. The predicted molar refractivity (Wildman–Crippen MR) is 80.8 cm³/mol. The normalized spacial score (nSPS) is 16.5. The maximum atomic E-state index is 12.0. The molecule has 1 amide bonds. The summed E-state index contributed by atoms with van der Waals surface area (Å²) in [4.78, 5) is 14.3. The van der Waals surface area contributed by atoms with E-state index in [1.165, 1.54) is 0 Å². The number of amides is 1. The van der Waals surface area contributed by atoms with Gasteiger partial charge in [-0.3, -0.25) is 9.69 Å². The molecule has 1 aromatic rings. The van der Waals surface area contributed by atoms with Crippen LogP contribution in [-0.4, -0.2) is 50.1 Å². The van der Waals surface area contributed by atoms with Gasteiger partial charge in [0.15, 0.2) is 0 Å². The summed E-state index contributed by atoms with van der Waals surface area (Å²) in [7, 11) is 0. The molecule has 1 aliphatic heterocycles. The average molecular weight is 359 g/mol. The molecule has 18 heavy (non-hydrogen) atoms. The zero-order chi connectivity index (χ0) is 12.8. The zero-order valence-electron chi connectivity index (χ0n) is 10.3. The van der Waals surface area contributed by atoms with Crippen LogP contribution in [0.2, 0.25) is 0 Å². The number of halogens is 1. The molecule has 5 heteroatoms. The summed E-state index contributed by atoms with van der Waals surface area (Å²) in [5, 5.41) is 6.30. The van der Waals surface area contributed by atoms with E-state index in [1.54, 1.807) is 0 Å². The Morgan fingerprint density at radius 3 is 2.78 bits per heavy atom. The molecular formula is C13H18IN3O. The molecular weight excluding hydrogens is 341 g/mol. The van der Waals surface area contributed by atoms with E-state index in [4.69, 9.17) is 0 Å². The molecule has 1 fully saturated rings. The second-order valence-corrected chi connectivity index (χ2v) is 5.49. The number of piperazine rings is 1. The van der Waals surface area contributed by atoms with Gasteiger partial charge in [0.1, 0.15) is 0 Å². The van der Waals surface area contributed by atoms with Crippen molar-refractivity contribution in [2.75, 3.05) is 39.3 Å². The van der Waals surface area contributed by atoms with E-state index in [9.17, 15) is 4.79 Å². The molecule has 0 spiro atoms. The molecule has 0 bridgehead atoms. The molecule has 2 rings (SSSR count). The maximum absolute atomic E-state index is 12.0. The topological polar surface area (TPSA) is 44.4 Å². The third-order valence-corrected chi connectivity index (χ3v) is 3.98. The minimum atomic E-state index is 0.0233. The summed E-state index contributed by atoms with van der Waals surface area (Å²) in [6, 6.07) is 7.65. The van der Waals surface area contributed by atoms with E-state index in [0.717, 1.165) is 41.9 Å². The van der Waals surface area contributed by atoms with Crippen LogP contribution < -0.4 is 10.6 Å². The van der Waals surface area contributed by atoms with Crippen LogP contribution in [0, 0.1) is 3.57 Å². The summed E-state index contributed by atoms with van der Waals surface area (Å²) < 4.78 is 0.995. The van der Waals surface area contributed by atoms with Crippen molar-refractivity contribution in [1.82, 2.24) is 15.5 Å². The molecule has 0 radical (unpaired) electrons. The largest absolute Gasteiger partial charge is 0.351 e. The molecule has 0 unspecified atom stereocenters. The quantitative estimate of drug-likeness (QED) is 0.787. The summed E-state index contributed by atoms with van der Waals surface area (Å²) in [6.07, 6.45) is 0. The fraction of sp³-hybridized carbons (Fsp3) is 0.462. The van der Waals surface area contributed by atoms with Gasteiger partial charge in [-0.1, -0.05) is 12.1 Å². The molecule has 0 saturated carbocycles. The summed E-state index contributed by atoms with van der Waals surface area (Å²) in [5.41, 5.74) is 0.762. The van der Waals surface area contributed by atoms with Gasteiger partial charge in [0.2, 0.25) is 0 Å². The molecule has 2 N–H and O–H groups in total. The van der Waals surface area contributed by atoms with Crippen LogP contribution in [0.25, 0.3) is 0 Å². The SMILES string of the molecule is O=C(NCCN1CCNCC1)c1ccccc1I. The number of benzene rings is 1. The van der Waals surface area contributed by atoms with Gasteiger partial charge in [0.05, 0.1) is 5.56 Å². The Bertz CT molecular complexity index is 405. The lowest BCUT2D eigenvalue weighted by Crippen LogP contribution is -2.46. The maximum Gasteiger partial charge on any atom is 0.252 e. The van der Waals surface area contributed by atoms with E-state index < -0.39 is 0 Å². The van der Waals surface area contributed by atoms with Gasteiger partial charge in [-0.15, -0.1) is 0 Å². The number of hydrogen-bond donors (Lipinski definition) is 2. The van der Waals surface area contributed by atoms with E-state index in [-0.39, 0.29) is 5.91 Å². The first-order valence-electron chi connectivity index (χ1n) is 6.23. The third-order valence-electron chi connectivity index (χ3n) is 3.04. The van der Waals surface area contributed by atoms with Crippen LogP contribution in [0.5, 0.6) is 0 Å². The smallest absolute Gasteiger partial charge is 0.252 e. The third kappa shape index (κ3) is 3.93. The standard InChI is InChI=1S/C13H18IN3O/c14-12-4-2-1-3-11(12)13(18)16-7-10-17-8-5-15-6-9-17/h1-4,15H,5-10H2,(H,16,18). The van der Waals surface area contributed by atoms with Gasteiger partial charge in [0, 0.05) is 42.8 Å². The van der Waals surface area contributed by atoms with Crippen molar-refractivity contribution in [2.45, 2.75) is 0 Å². The van der Waals surface area contributed by atoms with Crippen LogP contribution in [-0.2, 0) is 0 Å². The monoisotopic (exact) mass is 359 g/mol. The van der Waals surface area contributed by atoms with Crippen molar-refractivity contribution < 1.29 is 4.79 Å². The first-order chi connectivity index (χ1) is 8.77. The van der Waals surface area contributed by atoms with E-state index in [2.05, 4.69) is 38.1 Å². The number of carbonyl (C=O) groups is 1. The van der Waals surface area contributed by atoms with Gasteiger partial charge >= 0.3 is 0 Å². The Labute approximate surface area is 121 Å². The van der Waals surface area contributed by atoms with Crippen LogP contribution in [0.3, 0.4) is 0 Å². The zero-order valence-corrected chi connectivity index (χ0v) is 12.4. The molecule has 98 valence electrons.